The van der Waals surface area contributed by atoms with Crippen LogP contribution in [0.25, 0.3) is 0 Å². The average Bonchev–Trinajstić information content (AvgIpc) is 3.17. The summed E-state index contributed by atoms with van der Waals surface area (Å²) in [4.78, 5) is 21.3. The highest BCUT2D eigenvalue weighted by atomic mass is 35.5. The second-order valence-electron chi connectivity index (χ2n) is 7.42. The molecule has 0 bridgehead atoms. The summed E-state index contributed by atoms with van der Waals surface area (Å²) in [6.07, 6.45) is 1.82. The van der Waals surface area contributed by atoms with Gasteiger partial charge in [0.15, 0.2) is 0 Å². The third-order valence-electron chi connectivity index (χ3n) is 5.80. The Bertz CT molecular complexity index is 848. The number of thiophene rings is 1. The minimum absolute atomic E-state index is 0.0389. The molecular formula is C21H25Cl2N3OS. The van der Waals surface area contributed by atoms with Crippen molar-refractivity contribution in [1.82, 2.24) is 9.80 Å². The largest absolute Gasteiger partial charge is 0.368 e. The van der Waals surface area contributed by atoms with E-state index in [0.29, 0.717) is 10.0 Å². The molecule has 0 radical (unpaired) electrons. The number of amides is 1. The summed E-state index contributed by atoms with van der Waals surface area (Å²) in [6, 6.07) is 7.77. The number of piperazine rings is 1. The molecule has 28 heavy (non-hydrogen) atoms. The average molecular weight is 438 g/mol. The lowest BCUT2D eigenvalue weighted by atomic mass is 10.1. The van der Waals surface area contributed by atoms with Gasteiger partial charge >= 0.3 is 0 Å². The van der Waals surface area contributed by atoms with Crippen molar-refractivity contribution in [3.8, 4) is 0 Å². The lowest BCUT2D eigenvalue weighted by molar-refractivity contribution is -0.138. The predicted octanol–water partition coefficient (Wildman–Crippen LogP) is 4.54. The molecule has 1 fully saturated rings. The molecule has 2 aliphatic heterocycles. The van der Waals surface area contributed by atoms with Crippen LogP contribution >= 0.6 is 34.5 Å². The summed E-state index contributed by atoms with van der Waals surface area (Å²) in [7, 11) is 0. The maximum Gasteiger partial charge on any atom is 0.240 e. The Morgan fingerprint density at radius 1 is 1.14 bits per heavy atom. The summed E-state index contributed by atoms with van der Waals surface area (Å²) in [6.45, 7) is 7.16. The van der Waals surface area contributed by atoms with E-state index in [1.807, 2.05) is 28.4 Å². The van der Waals surface area contributed by atoms with Gasteiger partial charge in [0.2, 0.25) is 5.91 Å². The molecule has 4 rings (SSSR count). The van der Waals surface area contributed by atoms with Gasteiger partial charge in [0.25, 0.3) is 0 Å². The molecule has 1 atom stereocenters. The SMILES string of the molecule is CCC(C(=O)N1CCc2sccc2C1)N1CCN(c2ccc(Cl)cc2Cl)CC1. The van der Waals surface area contributed by atoms with Crippen LogP contribution in [0.2, 0.25) is 10.0 Å². The monoisotopic (exact) mass is 437 g/mol. The molecule has 4 nitrogen and oxygen atoms in total. The van der Waals surface area contributed by atoms with Crippen LogP contribution in [0, 0.1) is 0 Å². The minimum atomic E-state index is -0.0389. The number of hydrogen-bond acceptors (Lipinski definition) is 4. The zero-order valence-corrected chi connectivity index (χ0v) is 18.4. The van der Waals surface area contributed by atoms with E-state index < -0.39 is 0 Å². The fraction of sp³-hybridized carbons (Fsp3) is 0.476. The summed E-state index contributed by atoms with van der Waals surface area (Å²) in [5.74, 6) is 0.275. The van der Waals surface area contributed by atoms with Crippen molar-refractivity contribution < 1.29 is 4.79 Å². The van der Waals surface area contributed by atoms with Crippen molar-refractivity contribution in [1.29, 1.82) is 0 Å². The van der Waals surface area contributed by atoms with Crippen molar-refractivity contribution in [3.05, 3.63) is 50.1 Å². The Kier molecular flexibility index (Phi) is 6.16. The van der Waals surface area contributed by atoms with E-state index in [1.165, 1.54) is 10.4 Å². The normalized spacial score (nSPS) is 18.8. The van der Waals surface area contributed by atoms with Gasteiger partial charge in [-0.05, 0) is 48.1 Å². The highest BCUT2D eigenvalue weighted by Gasteiger charge is 2.32. The smallest absolute Gasteiger partial charge is 0.240 e. The van der Waals surface area contributed by atoms with Crippen molar-refractivity contribution in [2.75, 3.05) is 37.6 Å². The molecule has 0 saturated carbocycles. The second kappa shape index (κ2) is 8.62. The molecule has 150 valence electrons. The first-order valence-electron chi connectivity index (χ1n) is 9.85. The zero-order valence-electron chi connectivity index (χ0n) is 16.0. The van der Waals surface area contributed by atoms with Crippen LogP contribution in [0.5, 0.6) is 0 Å². The molecular weight excluding hydrogens is 413 g/mol. The Labute approximate surface area is 180 Å². The minimum Gasteiger partial charge on any atom is -0.368 e. The van der Waals surface area contributed by atoms with Gasteiger partial charge in [0.1, 0.15) is 0 Å². The van der Waals surface area contributed by atoms with Crippen molar-refractivity contribution >= 4 is 46.1 Å². The van der Waals surface area contributed by atoms with Crippen molar-refractivity contribution in [2.24, 2.45) is 0 Å². The number of benzene rings is 1. The molecule has 1 unspecified atom stereocenters. The van der Waals surface area contributed by atoms with Crippen molar-refractivity contribution in [3.63, 3.8) is 0 Å². The number of rotatable bonds is 4. The zero-order chi connectivity index (χ0) is 19.7. The number of anilines is 1. The van der Waals surface area contributed by atoms with Crippen molar-refractivity contribution in [2.45, 2.75) is 32.4 Å². The standard InChI is InChI=1S/C21H25Cl2N3OS/c1-2-18(21(27)26-7-5-20-15(14-26)6-12-28-20)24-8-10-25(11-9-24)19-4-3-16(22)13-17(19)23/h3-4,6,12-13,18H,2,5,7-11,14H2,1H3. The Morgan fingerprint density at radius 3 is 2.64 bits per heavy atom. The molecule has 2 aromatic rings. The van der Waals surface area contributed by atoms with Crippen LogP contribution in [-0.2, 0) is 17.8 Å². The van der Waals surface area contributed by atoms with E-state index in [4.69, 9.17) is 23.2 Å². The number of carbonyl (C=O) groups is 1. The first-order valence-corrected chi connectivity index (χ1v) is 11.5. The number of fused-ring (bicyclic) bond motifs is 1. The third-order valence-corrected chi connectivity index (χ3v) is 7.36. The molecule has 1 amide bonds. The van der Waals surface area contributed by atoms with Gasteiger partial charge in [0.05, 0.1) is 16.8 Å². The van der Waals surface area contributed by atoms with Gasteiger partial charge in [0, 0.05) is 49.2 Å². The molecule has 7 heteroatoms. The van der Waals surface area contributed by atoms with Crippen LogP contribution < -0.4 is 4.90 Å². The van der Waals surface area contributed by atoms with Crippen LogP contribution in [0.4, 0.5) is 5.69 Å². The predicted molar refractivity (Wildman–Crippen MR) is 118 cm³/mol. The highest BCUT2D eigenvalue weighted by Crippen LogP contribution is 2.30. The number of hydrogen-bond donors (Lipinski definition) is 0. The maximum absolute atomic E-state index is 13.2. The fourth-order valence-corrected chi connectivity index (χ4v) is 5.67. The van der Waals surface area contributed by atoms with Gasteiger partial charge in [-0.3, -0.25) is 9.69 Å². The van der Waals surface area contributed by atoms with Crippen LogP contribution in [0.3, 0.4) is 0 Å². The van der Waals surface area contributed by atoms with Crippen LogP contribution in [0.1, 0.15) is 23.8 Å². The second-order valence-corrected chi connectivity index (χ2v) is 9.27. The first kappa shape index (κ1) is 20.0. The maximum atomic E-state index is 13.2. The summed E-state index contributed by atoms with van der Waals surface area (Å²) in [5, 5.41) is 3.47. The van der Waals surface area contributed by atoms with E-state index in [-0.39, 0.29) is 11.9 Å². The van der Waals surface area contributed by atoms with Gasteiger partial charge in [-0.1, -0.05) is 30.1 Å². The molecule has 2 aliphatic rings. The molecule has 0 spiro atoms. The number of nitrogens with zero attached hydrogens (tertiary/aromatic N) is 3. The van der Waals surface area contributed by atoms with Gasteiger partial charge < -0.3 is 9.80 Å². The lowest BCUT2D eigenvalue weighted by Crippen LogP contribution is -2.56. The molecule has 1 saturated heterocycles. The molecule has 1 aromatic heterocycles. The van der Waals surface area contributed by atoms with Gasteiger partial charge in [-0.15, -0.1) is 11.3 Å². The first-order chi connectivity index (χ1) is 13.6. The third kappa shape index (κ3) is 4.04. The van der Waals surface area contributed by atoms with Gasteiger partial charge in [-0.2, -0.15) is 0 Å². The van der Waals surface area contributed by atoms with E-state index in [0.717, 1.165) is 57.8 Å². The molecule has 1 aromatic carbocycles. The fourth-order valence-electron chi connectivity index (χ4n) is 4.25. The number of carbonyl (C=O) groups excluding carboxylic acids is 1. The molecule has 3 heterocycles. The topological polar surface area (TPSA) is 26.8 Å². The number of halogens is 2. The summed E-state index contributed by atoms with van der Waals surface area (Å²) in [5.41, 5.74) is 2.34. The summed E-state index contributed by atoms with van der Waals surface area (Å²) >= 11 is 14.2. The molecule has 0 N–H and O–H groups in total. The van der Waals surface area contributed by atoms with E-state index in [9.17, 15) is 4.79 Å². The Hall–Kier alpha value is -1.27. The van der Waals surface area contributed by atoms with Crippen LogP contribution in [-0.4, -0.2) is 54.5 Å². The van der Waals surface area contributed by atoms with E-state index in [1.54, 1.807) is 6.07 Å². The lowest BCUT2D eigenvalue weighted by Gasteiger charge is -2.41. The van der Waals surface area contributed by atoms with Gasteiger partial charge in [-0.25, -0.2) is 0 Å². The van der Waals surface area contributed by atoms with E-state index in [2.05, 4.69) is 28.2 Å². The Balaban J connectivity index is 1.39. The van der Waals surface area contributed by atoms with Crippen LogP contribution in [0.15, 0.2) is 29.6 Å². The quantitative estimate of drug-likeness (QED) is 0.702. The Morgan fingerprint density at radius 2 is 1.93 bits per heavy atom. The van der Waals surface area contributed by atoms with E-state index >= 15 is 0 Å². The molecule has 0 aliphatic carbocycles. The summed E-state index contributed by atoms with van der Waals surface area (Å²) < 4.78 is 0. The highest BCUT2D eigenvalue weighted by molar-refractivity contribution is 7.10.